The van der Waals surface area contributed by atoms with E-state index in [1.165, 1.54) is 0 Å². The highest BCUT2D eigenvalue weighted by Gasteiger charge is 2.22. The molecular weight excluding hydrogens is 242 g/mol. The van der Waals surface area contributed by atoms with Gasteiger partial charge in [0.2, 0.25) is 5.91 Å². The number of likely N-dealkylation sites (N-methyl/N-ethyl adjacent to an activating group) is 1. The van der Waals surface area contributed by atoms with Crippen LogP contribution in [0.5, 0.6) is 0 Å². The third kappa shape index (κ3) is 5.89. The number of carbonyl (C=O) groups excluding carboxylic acids is 1. The molecule has 5 heteroatoms. The van der Waals surface area contributed by atoms with Crippen LogP contribution in [0, 0.1) is 5.92 Å². The first-order valence-corrected chi connectivity index (χ1v) is 7.50. The molecule has 1 aliphatic rings. The Balaban J connectivity index is 2.26. The van der Waals surface area contributed by atoms with Crippen molar-refractivity contribution < 1.29 is 9.53 Å². The van der Waals surface area contributed by atoms with E-state index in [-0.39, 0.29) is 11.9 Å². The quantitative estimate of drug-likeness (QED) is 0.673. The van der Waals surface area contributed by atoms with Crippen LogP contribution in [0.1, 0.15) is 27.2 Å². The number of nitrogens with zero attached hydrogens (tertiary/aromatic N) is 1. The molecule has 19 heavy (non-hydrogen) atoms. The molecule has 0 aromatic carbocycles. The fraction of sp³-hybridized carbons (Fsp3) is 0.929. The normalized spacial score (nSPS) is 19.9. The van der Waals surface area contributed by atoms with Gasteiger partial charge in [-0.1, -0.05) is 27.2 Å². The molecule has 0 radical (unpaired) electrons. The van der Waals surface area contributed by atoms with Crippen molar-refractivity contribution in [3.8, 4) is 0 Å². The van der Waals surface area contributed by atoms with Crippen molar-refractivity contribution >= 4 is 5.91 Å². The van der Waals surface area contributed by atoms with Crippen molar-refractivity contribution in [2.75, 3.05) is 45.9 Å². The Labute approximate surface area is 117 Å². The van der Waals surface area contributed by atoms with Crippen LogP contribution in [0.25, 0.3) is 0 Å². The van der Waals surface area contributed by atoms with Gasteiger partial charge in [-0.2, -0.15) is 0 Å². The zero-order valence-corrected chi connectivity index (χ0v) is 12.6. The molecule has 2 N–H and O–H groups in total. The standard InChI is InChI=1S/C14H29N3O2/c1-4-12(3)13(15-5-2)14(18)16-6-7-17-8-10-19-11-9-17/h12-13,15H,4-11H2,1-3H3,(H,16,18). The first-order chi connectivity index (χ1) is 9.19. The molecule has 1 rings (SSSR count). The van der Waals surface area contributed by atoms with E-state index in [4.69, 9.17) is 4.74 Å². The molecule has 1 amide bonds. The minimum absolute atomic E-state index is 0.0697. The molecule has 0 aromatic heterocycles. The summed E-state index contributed by atoms with van der Waals surface area (Å²) in [5.74, 6) is 0.493. The lowest BCUT2D eigenvalue weighted by Crippen LogP contribution is -2.50. The molecular formula is C14H29N3O2. The molecule has 2 atom stereocenters. The predicted molar refractivity (Wildman–Crippen MR) is 77.2 cm³/mol. The van der Waals surface area contributed by atoms with Gasteiger partial charge < -0.3 is 15.4 Å². The molecule has 0 saturated carbocycles. The molecule has 1 fully saturated rings. The second-order valence-electron chi connectivity index (χ2n) is 5.17. The van der Waals surface area contributed by atoms with Gasteiger partial charge in [-0.05, 0) is 12.5 Å². The van der Waals surface area contributed by atoms with Crippen LogP contribution < -0.4 is 10.6 Å². The summed E-state index contributed by atoms with van der Waals surface area (Å²) in [7, 11) is 0. The number of hydrogen-bond donors (Lipinski definition) is 2. The number of amides is 1. The topological polar surface area (TPSA) is 53.6 Å². The van der Waals surface area contributed by atoms with Crippen LogP contribution in [-0.2, 0) is 9.53 Å². The number of carbonyl (C=O) groups is 1. The largest absolute Gasteiger partial charge is 0.379 e. The summed E-state index contributed by atoms with van der Waals surface area (Å²) in [5.41, 5.74) is 0. The second-order valence-corrected chi connectivity index (χ2v) is 5.17. The van der Waals surface area contributed by atoms with Gasteiger partial charge in [-0.15, -0.1) is 0 Å². The molecule has 0 aliphatic carbocycles. The first-order valence-electron chi connectivity index (χ1n) is 7.50. The molecule has 0 bridgehead atoms. The number of hydrogen-bond acceptors (Lipinski definition) is 4. The SMILES string of the molecule is CCNC(C(=O)NCCN1CCOCC1)C(C)CC. The van der Waals surface area contributed by atoms with Gasteiger partial charge in [0.05, 0.1) is 19.3 Å². The third-order valence-electron chi connectivity index (χ3n) is 3.75. The van der Waals surface area contributed by atoms with E-state index >= 15 is 0 Å². The Kier molecular flexibility index (Phi) is 8.02. The summed E-state index contributed by atoms with van der Waals surface area (Å²) in [4.78, 5) is 14.5. The van der Waals surface area contributed by atoms with E-state index < -0.39 is 0 Å². The van der Waals surface area contributed by atoms with Gasteiger partial charge >= 0.3 is 0 Å². The molecule has 112 valence electrons. The first kappa shape index (κ1) is 16.4. The van der Waals surface area contributed by atoms with Crippen LogP contribution in [0.3, 0.4) is 0 Å². The van der Waals surface area contributed by atoms with E-state index in [1.54, 1.807) is 0 Å². The third-order valence-corrected chi connectivity index (χ3v) is 3.75. The molecule has 0 aromatic rings. The molecule has 1 aliphatic heterocycles. The maximum Gasteiger partial charge on any atom is 0.237 e. The highest BCUT2D eigenvalue weighted by Crippen LogP contribution is 2.07. The smallest absolute Gasteiger partial charge is 0.237 e. The highest BCUT2D eigenvalue weighted by molar-refractivity contribution is 5.82. The second kappa shape index (κ2) is 9.28. The Bertz CT molecular complexity index is 255. The number of ether oxygens (including phenoxy) is 1. The summed E-state index contributed by atoms with van der Waals surface area (Å²) in [6.07, 6.45) is 1.01. The van der Waals surface area contributed by atoms with Crippen molar-refractivity contribution in [1.82, 2.24) is 15.5 Å². The van der Waals surface area contributed by atoms with Crippen LogP contribution >= 0.6 is 0 Å². The Morgan fingerprint density at radius 3 is 2.58 bits per heavy atom. The van der Waals surface area contributed by atoms with Crippen molar-refractivity contribution in [2.45, 2.75) is 33.2 Å². The average Bonchev–Trinajstić information content (AvgIpc) is 2.45. The van der Waals surface area contributed by atoms with Gasteiger partial charge in [0.25, 0.3) is 0 Å². The molecule has 2 unspecified atom stereocenters. The molecule has 1 heterocycles. The van der Waals surface area contributed by atoms with Gasteiger partial charge in [-0.3, -0.25) is 9.69 Å². The number of rotatable bonds is 8. The molecule has 1 saturated heterocycles. The fourth-order valence-corrected chi connectivity index (χ4v) is 2.28. The van der Waals surface area contributed by atoms with Gasteiger partial charge in [0, 0.05) is 26.2 Å². The zero-order chi connectivity index (χ0) is 14.1. The van der Waals surface area contributed by atoms with Crippen LogP contribution in [-0.4, -0.2) is 62.8 Å². The van der Waals surface area contributed by atoms with Gasteiger partial charge in [-0.25, -0.2) is 0 Å². The number of nitrogens with one attached hydrogen (secondary N) is 2. The highest BCUT2D eigenvalue weighted by atomic mass is 16.5. The maximum absolute atomic E-state index is 12.2. The Morgan fingerprint density at radius 2 is 2.00 bits per heavy atom. The summed E-state index contributed by atoms with van der Waals surface area (Å²) in [6.45, 7) is 12.3. The Morgan fingerprint density at radius 1 is 1.32 bits per heavy atom. The van der Waals surface area contributed by atoms with Crippen LogP contribution in [0.15, 0.2) is 0 Å². The number of morpholine rings is 1. The van der Waals surface area contributed by atoms with E-state index in [9.17, 15) is 4.79 Å². The van der Waals surface area contributed by atoms with E-state index in [2.05, 4.69) is 29.4 Å². The van der Waals surface area contributed by atoms with E-state index in [0.717, 1.165) is 52.4 Å². The van der Waals surface area contributed by atoms with E-state index in [0.29, 0.717) is 5.92 Å². The fourth-order valence-electron chi connectivity index (χ4n) is 2.28. The lowest BCUT2D eigenvalue weighted by molar-refractivity contribution is -0.124. The zero-order valence-electron chi connectivity index (χ0n) is 12.6. The minimum Gasteiger partial charge on any atom is -0.379 e. The van der Waals surface area contributed by atoms with Crippen molar-refractivity contribution in [3.05, 3.63) is 0 Å². The van der Waals surface area contributed by atoms with Crippen LogP contribution in [0.4, 0.5) is 0 Å². The maximum atomic E-state index is 12.2. The summed E-state index contributed by atoms with van der Waals surface area (Å²) >= 11 is 0. The monoisotopic (exact) mass is 271 g/mol. The summed E-state index contributed by atoms with van der Waals surface area (Å²) in [6, 6.07) is -0.0697. The lowest BCUT2D eigenvalue weighted by atomic mass is 9.98. The van der Waals surface area contributed by atoms with Crippen molar-refractivity contribution in [3.63, 3.8) is 0 Å². The Hall–Kier alpha value is -0.650. The van der Waals surface area contributed by atoms with Crippen molar-refractivity contribution in [1.29, 1.82) is 0 Å². The van der Waals surface area contributed by atoms with Gasteiger partial charge in [0.15, 0.2) is 0 Å². The van der Waals surface area contributed by atoms with E-state index in [1.807, 2.05) is 6.92 Å². The predicted octanol–water partition coefficient (Wildman–Crippen LogP) is 0.459. The van der Waals surface area contributed by atoms with Gasteiger partial charge in [0.1, 0.15) is 0 Å². The minimum atomic E-state index is -0.0697. The summed E-state index contributed by atoms with van der Waals surface area (Å²) < 4.78 is 5.30. The lowest BCUT2D eigenvalue weighted by Gasteiger charge is -2.27. The van der Waals surface area contributed by atoms with Crippen LogP contribution in [0.2, 0.25) is 0 Å². The summed E-state index contributed by atoms with van der Waals surface area (Å²) in [5, 5.41) is 6.32. The molecule has 0 spiro atoms. The van der Waals surface area contributed by atoms with Crippen molar-refractivity contribution in [2.24, 2.45) is 5.92 Å². The average molecular weight is 271 g/mol. The molecule has 5 nitrogen and oxygen atoms in total.